The Hall–Kier alpha value is -1.83. The second-order valence-corrected chi connectivity index (χ2v) is 5.82. The summed E-state index contributed by atoms with van der Waals surface area (Å²) >= 11 is 1.47. The van der Waals surface area contributed by atoms with E-state index in [4.69, 9.17) is 4.74 Å². The smallest absolute Gasteiger partial charge is 0.408 e. The molecule has 0 aliphatic carbocycles. The number of alkyl carbamates (subject to hydrolysis) is 1. The van der Waals surface area contributed by atoms with Crippen molar-refractivity contribution in [1.82, 2.24) is 10.3 Å². The van der Waals surface area contributed by atoms with E-state index >= 15 is 0 Å². The number of carbonyl (C=O) groups excluding carboxylic acids is 2. The topological polar surface area (TPSA) is 80.8 Å². The molecule has 0 radical (unpaired) electrons. The van der Waals surface area contributed by atoms with E-state index in [-0.39, 0.29) is 12.5 Å². The highest BCUT2D eigenvalue weighted by molar-refractivity contribution is 7.13. The summed E-state index contributed by atoms with van der Waals surface area (Å²) in [6.45, 7) is 3.68. The number of ether oxygens (including phenoxy) is 2. The molecule has 118 valence electrons. The molecule has 8 heteroatoms. The largest absolute Gasteiger partial charge is 0.467 e. The highest BCUT2D eigenvalue weighted by Gasteiger charge is 2.25. The van der Waals surface area contributed by atoms with Crippen LogP contribution in [-0.2, 0) is 20.9 Å². The zero-order chi connectivity index (χ0) is 16.0. The minimum Gasteiger partial charge on any atom is -0.467 e. The van der Waals surface area contributed by atoms with E-state index in [0.717, 1.165) is 5.13 Å². The van der Waals surface area contributed by atoms with Crippen molar-refractivity contribution in [1.29, 1.82) is 0 Å². The van der Waals surface area contributed by atoms with Gasteiger partial charge in [-0.25, -0.2) is 14.6 Å². The fourth-order valence-electron chi connectivity index (χ4n) is 1.50. The average molecular weight is 315 g/mol. The summed E-state index contributed by atoms with van der Waals surface area (Å²) in [5.74, 6) is -0.588. The molecule has 0 saturated carbocycles. The van der Waals surface area contributed by atoms with Crippen molar-refractivity contribution < 1.29 is 19.1 Å². The first-order valence-electron chi connectivity index (χ1n) is 6.48. The van der Waals surface area contributed by atoms with Gasteiger partial charge in [-0.2, -0.15) is 0 Å². The predicted molar refractivity (Wildman–Crippen MR) is 80.4 cm³/mol. The maximum absolute atomic E-state index is 11.7. The number of amides is 1. The van der Waals surface area contributed by atoms with Crippen molar-refractivity contribution in [2.75, 3.05) is 26.1 Å². The zero-order valence-corrected chi connectivity index (χ0v) is 13.7. The molecular formula is C13H21N3O4S. The second-order valence-electron chi connectivity index (χ2n) is 4.98. The lowest BCUT2D eigenvalue weighted by Gasteiger charge is -2.19. The molecule has 0 bridgehead atoms. The SMILES string of the molecule is COC(=O)C(NC(=O)OCc1csc(N(C)C)n1)C(C)C. The molecule has 0 fully saturated rings. The molecule has 0 aliphatic rings. The lowest BCUT2D eigenvalue weighted by Crippen LogP contribution is -2.45. The Kier molecular flexibility index (Phi) is 6.41. The van der Waals surface area contributed by atoms with Gasteiger partial charge in [0.25, 0.3) is 0 Å². The number of hydrogen-bond donors (Lipinski definition) is 1. The molecule has 0 aliphatic heterocycles. The van der Waals surface area contributed by atoms with Gasteiger partial charge in [0, 0.05) is 19.5 Å². The van der Waals surface area contributed by atoms with Gasteiger partial charge >= 0.3 is 12.1 Å². The molecule has 1 unspecified atom stereocenters. The summed E-state index contributed by atoms with van der Waals surface area (Å²) in [6, 6.07) is -0.727. The summed E-state index contributed by atoms with van der Waals surface area (Å²) in [5.41, 5.74) is 0.665. The van der Waals surface area contributed by atoms with Crippen LogP contribution in [0.1, 0.15) is 19.5 Å². The van der Waals surface area contributed by atoms with Crippen molar-refractivity contribution in [2.24, 2.45) is 5.92 Å². The Bertz CT molecular complexity index is 488. The molecule has 7 nitrogen and oxygen atoms in total. The standard InChI is InChI=1S/C13H21N3O4S/c1-8(2)10(11(17)19-5)15-13(18)20-6-9-7-21-12(14-9)16(3)4/h7-8,10H,6H2,1-5H3,(H,15,18). The normalized spacial score (nSPS) is 11.9. The number of methoxy groups -OCH3 is 1. The first-order chi connectivity index (χ1) is 9.85. The van der Waals surface area contributed by atoms with Gasteiger partial charge in [0.15, 0.2) is 5.13 Å². The summed E-state index contributed by atoms with van der Waals surface area (Å²) < 4.78 is 9.71. The molecule has 1 N–H and O–H groups in total. The molecule has 0 aromatic carbocycles. The molecule has 21 heavy (non-hydrogen) atoms. The van der Waals surface area contributed by atoms with Gasteiger partial charge in [0.1, 0.15) is 12.6 Å². The quantitative estimate of drug-likeness (QED) is 0.804. The van der Waals surface area contributed by atoms with Crippen LogP contribution in [0.5, 0.6) is 0 Å². The van der Waals surface area contributed by atoms with Crippen molar-refractivity contribution in [3.63, 3.8) is 0 Å². The number of nitrogens with one attached hydrogen (secondary N) is 1. The number of hydrogen-bond acceptors (Lipinski definition) is 7. The molecule has 1 aromatic rings. The molecule has 1 heterocycles. The fraction of sp³-hybridized carbons (Fsp3) is 0.615. The van der Waals surface area contributed by atoms with Crippen LogP contribution in [0.2, 0.25) is 0 Å². The van der Waals surface area contributed by atoms with Gasteiger partial charge in [-0.1, -0.05) is 13.8 Å². The van der Waals surface area contributed by atoms with Gasteiger partial charge in [-0.15, -0.1) is 11.3 Å². The minimum atomic E-state index is -0.727. The van der Waals surface area contributed by atoms with Crippen molar-refractivity contribution in [2.45, 2.75) is 26.5 Å². The van der Waals surface area contributed by atoms with E-state index in [2.05, 4.69) is 15.0 Å². The molecule has 1 aromatic heterocycles. The Labute approximate surface area is 128 Å². The number of thiazole rings is 1. The molecule has 1 amide bonds. The van der Waals surface area contributed by atoms with Crippen LogP contribution in [0, 0.1) is 5.92 Å². The Morgan fingerprint density at radius 3 is 2.57 bits per heavy atom. The van der Waals surface area contributed by atoms with Crippen LogP contribution in [0.3, 0.4) is 0 Å². The number of nitrogens with zero attached hydrogens (tertiary/aromatic N) is 2. The second kappa shape index (κ2) is 7.82. The highest BCUT2D eigenvalue weighted by Crippen LogP contribution is 2.18. The van der Waals surface area contributed by atoms with Crippen LogP contribution in [0.25, 0.3) is 0 Å². The summed E-state index contributed by atoms with van der Waals surface area (Å²) in [7, 11) is 5.06. The third kappa shape index (κ3) is 5.22. The van der Waals surface area contributed by atoms with Crippen LogP contribution < -0.4 is 10.2 Å². The molecule has 1 atom stereocenters. The Morgan fingerprint density at radius 2 is 2.10 bits per heavy atom. The van der Waals surface area contributed by atoms with E-state index in [9.17, 15) is 9.59 Å². The number of aromatic nitrogens is 1. The van der Waals surface area contributed by atoms with Crippen molar-refractivity contribution in [3.8, 4) is 0 Å². The number of esters is 1. The van der Waals surface area contributed by atoms with E-state index in [1.807, 2.05) is 38.2 Å². The van der Waals surface area contributed by atoms with Crippen LogP contribution in [0.15, 0.2) is 5.38 Å². The van der Waals surface area contributed by atoms with Gasteiger partial charge in [0.2, 0.25) is 0 Å². The van der Waals surface area contributed by atoms with E-state index in [0.29, 0.717) is 5.69 Å². The monoisotopic (exact) mass is 315 g/mol. The van der Waals surface area contributed by atoms with Crippen LogP contribution >= 0.6 is 11.3 Å². The van der Waals surface area contributed by atoms with E-state index < -0.39 is 18.1 Å². The van der Waals surface area contributed by atoms with Crippen LogP contribution in [0.4, 0.5) is 9.93 Å². The van der Waals surface area contributed by atoms with Crippen molar-refractivity contribution >= 4 is 28.5 Å². The van der Waals surface area contributed by atoms with Gasteiger partial charge < -0.3 is 19.7 Å². The average Bonchev–Trinajstić information content (AvgIpc) is 2.90. The molecule has 0 spiro atoms. The third-order valence-electron chi connectivity index (χ3n) is 2.67. The molecule has 1 rings (SSSR count). The minimum absolute atomic E-state index is 0.0577. The molecular weight excluding hydrogens is 294 g/mol. The lowest BCUT2D eigenvalue weighted by molar-refractivity contribution is -0.144. The van der Waals surface area contributed by atoms with Gasteiger partial charge in [-0.3, -0.25) is 0 Å². The van der Waals surface area contributed by atoms with E-state index in [1.165, 1.54) is 18.4 Å². The maximum Gasteiger partial charge on any atom is 0.408 e. The summed E-state index contributed by atoms with van der Waals surface area (Å²) in [5, 5.41) is 5.16. The fourth-order valence-corrected chi connectivity index (χ4v) is 2.24. The predicted octanol–water partition coefficient (Wildman–Crippen LogP) is 1.63. The number of carbonyl (C=O) groups is 2. The third-order valence-corrected chi connectivity index (χ3v) is 3.73. The maximum atomic E-state index is 11.7. The highest BCUT2D eigenvalue weighted by atomic mass is 32.1. The lowest BCUT2D eigenvalue weighted by atomic mass is 10.1. The zero-order valence-electron chi connectivity index (χ0n) is 12.9. The summed E-state index contributed by atoms with van der Waals surface area (Å²) in [6.07, 6.45) is -0.668. The van der Waals surface area contributed by atoms with Crippen LogP contribution in [-0.4, -0.2) is 44.3 Å². The van der Waals surface area contributed by atoms with Crippen molar-refractivity contribution in [3.05, 3.63) is 11.1 Å². The summed E-state index contributed by atoms with van der Waals surface area (Å²) in [4.78, 5) is 29.4. The first kappa shape index (κ1) is 17.2. The first-order valence-corrected chi connectivity index (χ1v) is 7.36. The Balaban J connectivity index is 2.50. The number of anilines is 1. The number of rotatable bonds is 6. The molecule has 0 saturated heterocycles. The van der Waals surface area contributed by atoms with E-state index in [1.54, 1.807) is 0 Å². The van der Waals surface area contributed by atoms with Gasteiger partial charge in [-0.05, 0) is 5.92 Å². The Morgan fingerprint density at radius 1 is 1.43 bits per heavy atom. The van der Waals surface area contributed by atoms with Gasteiger partial charge in [0.05, 0.1) is 12.8 Å².